The Kier molecular flexibility index (Phi) is 3.83. The number of nitrogens with zero attached hydrogens (tertiary/aromatic N) is 4. The van der Waals surface area contributed by atoms with Gasteiger partial charge in [0.15, 0.2) is 5.82 Å². The predicted octanol–water partition coefficient (Wildman–Crippen LogP) is 3.49. The van der Waals surface area contributed by atoms with Crippen molar-refractivity contribution in [1.29, 1.82) is 0 Å². The number of aromatic nitrogens is 4. The maximum Gasteiger partial charge on any atom is 0.178 e. The third-order valence-corrected chi connectivity index (χ3v) is 3.51. The molecule has 0 bridgehead atoms. The van der Waals surface area contributed by atoms with E-state index in [1.54, 1.807) is 17.2 Å². The Morgan fingerprint density at radius 3 is 2.81 bits per heavy atom. The summed E-state index contributed by atoms with van der Waals surface area (Å²) < 4.78 is 1.63. The topological polar surface area (TPSA) is 55.6 Å². The van der Waals surface area contributed by atoms with Crippen LogP contribution < -0.4 is 5.32 Å². The molecule has 2 heterocycles. The zero-order chi connectivity index (χ0) is 14.7. The Morgan fingerprint density at radius 2 is 2.05 bits per heavy atom. The molecule has 1 unspecified atom stereocenters. The molecule has 0 radical (unpaired) electrons. The molecule has 2 aromatic heterocycles. The molecule has 0 aliphatic carbocycles. The van der Waals surface area contributed by atoms with Gasteiger partial charge in [-0.05, 0) is 30.7 Å². The van der Waals surface area contributed by atoms with Crippen LogP contribution in [0.4, 0.5) is 5.69 Å². The number of anilines is 1. The highest BCUT2D eigenvalue weighted by Gasteiger charge is 2.12. The third kappa shape index (κ3) is 2.87. The lowest BCUT2D eigenvalue weighted by Crippen LogP contribution is -2.11. The van der Waals surface area contributed by atoms with Crippen LogP contribution in [0.5, 0.6) is 0 Å². The van der Waals surface area contributed by atoms with Crippen LogP contribution >= 0.6 is 11.6 Å². The second kappa shape index (κ2) is 5.93. The summed E-state index contributed by atoms with van der Waals surface area (Å²) in [6, 6.07) is 11.7. The highest BCUT2D eigenvalue weighted by molar-refractivity contribution is 6.31. The first-order chi connectivity index (χ1) is 10.3. The summed E-state index contributed by atoms with van der Waals surface area (Å²) >= 11 is 6.24. The number of pyridine rings is 1. The summed E-state index contributed by atoms with van der Waals surface area (Å²) in [5, 5.41) is 8.28. The van der Waals surface area contributed by atoms with E-state index in [1.807, 2.05) is 36.4 Å². The lowest BCUT2D eigenvalue weighted by Gasteiger charge is -2.18. The Labute approximate surface area is 127 Å². The first-order valence-corrected chi connectivity index (χ1v) is 6.94. The van der Waals surface area contributed by atoms with Crippen LogP contribution in [0, 0.1) is 0 Å². The van der Waals surface area contributed by atoms with Crippen molar-refractivity contribution >= 4 is 17.3 Å². The fraction of sp³-hybridized carbons (Fsp3) is 0.133. The van der Waals surface area contributed by atoms with Crippen molar-refractivity contribution in [2.24, 2.45) is 0 Å². The van der Waals surface area contributed by atoms with E-state index in [4.69, 9.17) is 11.6 Å². The molecule has 21 heavy (non-hydrogen) atoms. The summed E-state index contributed by atoms with van der Waals surface area (Å²) in [4.78, 5) is 8.31. The smallest absolute Gasteiger partial charge is 0.178 e. The highest BCUT2D eigenvalue weighted by Crippen LogP contribution is 2.27. The zero-order valence-electron chi connectivity index (χ0n) is 11.4. The van der Waals surface area contributed by atoms with Crippen molar-refractivity contribution < 1.29 is 0 Å². The molecule has 5 nitrogen and oxygen atoms in total. The molecule has 106 valence electrons. The van der Waals surface area contributed by atoms with Crippen LogP contribution in [0.25, 0.3) is 5.82 Å². The van der Waals surface area contributed by atoms with E-state index in [2.05, 4.69) is 27.3 Å². The fourth-order valence-electron chi connectivity index (χ4n) is 2.15. The van der Waals surface area contributed by atoms with Gasteiger partial charge in [0, 0.05) is 11.2 Å². The van der Waals surface area contributed by atoms with Gasteiger partial charge in [-0.25, -0.2) is 14.6 Å². The second-order valence-corrected chi connectivity index (χ2v) is 5.01. The van der Waals surface area contributed by atoms with Gasteiger partial charge in [-0.1, -0.05) is 29.8 Å². The number of nitrogens with one attached hydrogen (secondary N) is 1. The summed E-state index contributed by atoms with van der Waals surface area (Å²) in [6.07, 6.45) is 4.83. The summed E-state index contributed by atoms with van der Waals surface area (Å²) in [7, 11) is 0. The lowest BCUT2D eigenvalue weighted by molar-refractivity contribution is 0.828. The average molecular weight is 300 g/mol. The Balaban J connectivity index is 1.91. The minimum atomic E-state index is 0.0465. The minimum Gasteiger partial charge on any atom is -0.375 e. The molecule has 1 atom stereocenters. The van der Waals surface area contributed by atoms with E-state index in [0.29, 0.717) is 5.82 Å². The van der Waals surface area contributed by atoms with Crippen LogP contribution in [0.2, 0.25) is 5.02 Å². The molecular formula is C15H14ClN5. The van der Waals surface area contributed by atoms with E-state index in [-0.39, 0.29) is 6.04 Å². The number of hydrogen-bond acceptors (Lipinski definition) is 4. The summed E-state index contributed by atoms with van der Waals surface area (Å²) in [5.74, 6) is 0.703. The first kappa shape index (κ1) is 13.6. The highest BCUT2D eigenvalue weighted by atomic mass is 35.5. The van der Waals surface area contributed by atoms with Crippen LogP contribution in [-0.4, -0.2) is 19.7 Å². The van der Waals surface area contributed by atoms with Gasteiger partial charge in [-0.3, -0.25) is 0 Å². The van der Waals surface area contributed by atoms with Crippen molar-refractivity contribution in [2.45, 2.75) is 13.0 Å². The minimum absolute atomic E-state index is 0.0465. The molecule has 0 aliphatic rings. The average Bonchev–Trinajstić information content (AvgIpc) is 3.02. The number of rotatable bonds is 4. The monoisotopic (exact) mass is 299 g/mol. The third-order valence-electron chi connectivity index (χ3n) is 3.17. The molecule has 0 aliphatic heterocycles. The second-order valence-electron chi connectivity index (χ2n) is 4.60. The van der Waals surface area contributed by atoms with Gasteiger partial charge in [0.25, 0.3) is 0 Å². The van der Waals surface area contributed by atoms with Crippen molar-refractivity contribution in [2.75, 3.05) is 5.32 Å². The molecule has 0 saturated carbocycles. The zero-order valence-corrected chi connectivity index (χ0v) is 12.2. The van der Waals surface area contributed by atoms with Gasteiger partial charge in [0.05, 0.1) is 11.7 Å². The molecule has 0 amide bonds. The quantitative estimate of drug-likeness (QED) is 0.801. The number of hydrogen-bond donors (Lipinski definition) is 1. The molecular weight excluding hydrogens is 286 g/mol. The van der Waals surface area contributed by atoms with Crippen molar-refractivity contribution in [1.82, 2.24) is 19.7 Å². The van der Waals surface area contributed by atoms with E-state index >= 15 is 0 Å². The number of halogens is 1. The maximum atomic E-state index is 6.24. The van der Waals surface area contributed by atoms with Crippen LogP contribution in [0.15, 0.2) is 55.2 Å². The van der Waals surface area contributed by atoms with Gasteiger partial charge in [0.2, 0.25) is 0 Å². The van der Waals surface area contributed by atoms with E-state index in [0.717, 1.165) is 16.3 Å². The number of benzene rings is 1. The van der Waals surface area contributed by atoms with Crippen LogP contribution in [0.3, 0.4) is 0 Å². The molecule has 0 spiro atoms. The molecule has 3 aromatic rings. The van der Waals surface area contributed by atoms with E-state index in [9.17, 15) is 0 Å². The maximum absolute atomic E-state index is 6.24. The molecule has 1 N–H and O–H groups in total. The summed E-state index contributed by atoms with van der Waals surface area (Å²) in [5.41, 5.74) is 1.91. The SMILES string of the molecule is CC(Nc1cccnc1-n1cncn1)c1ccccc1Cl. The Morgan fingerprint density at radius 1 is 1.19 bits per heavy atom. The first-order valence-electron chi connectivity index (χ1n) is 6.56. The molecule has 0 saturated heterocycles. The van der Waals surface area contributed by atoms with Gasteiger partial charge in [0.1, 0.15) is 12.7 Å². The normalized spacial score (nSPS) is 12.1. The van der Waals surface area contributed by atoms with Crippen LogP contribution in [-0.2, 0) is 0 Å². The Hall–Kier alpha value is -2.40. The molecule has 0 fully saturated rings. The van der Waals surface area contributed by atoms with Gasteiger partial charge in [-0.15, -0.1) is 0 Å². The Bertz CT molecular complexity index is 726. The summed E-state index contributed by atoms with van der Waals surface area (Å²) in [6.45, 7) is 2.05. The standard InChI is InChI=1S/C15H14ClN5/c1-11(12-5-2-3-6-13(12)16)20-14-7-4-8-18-15(14)21-10-17-9-19-21/h2-11,20H,1H3. The largest absolute Gasteiger partial charge is 0.375 e. The van der Waals surface area contributed by atoms with Crippen molar-refractivity contribution in [3.05, 3.63) is 65.8 Å². The van der Waals surface area contributed by atoms with Gasteiger partial charge in [-0.2, -0.15) is 5.10 Å². The molecule has 6 heteroatoms. The van der Waals surface area contributed by atoms with Crippen LogP contribution in [0.1, 0.15) is 18.5 Å². The van der Waals surface area contributed by atoms with Gasteiger partial charge >= 0.3 is 0 Å². The predicted molar refractivity (Wildman–Crippen MR) is 82.6 cm³/mol. The fourth-order valence-corrected chi connectivity index (χ4v) is 2.45. The van der Waals surface area contributed by atoms with E-state index < -0.39 is 0 Å². The molecule has 1 aromatic carbocycles. The van der Waals surface area contributed by atoms with Crippen molar-refractivity contribution in [3.63, 3.8) is 0 Å². The molecule has 3 rings (SSSR count). The van der Waals surface area contributed by atoms with Crippen molar-refractivity contribution in [3.8, 4) is 5.82 Å². The van der Waals surface area contributed by atoms with Gasteiger partial charge < -0.3 is 5.32 Å². The van der Waals surface area contributed by atoms with E-state index in [1.165, 1.54) is 6.33 Å². The lowest BCUT2D eigenvalue weighted by atomic mass is 10.1.